The van der Waals surface area contributed by atoms with Gasteiger partial charge in [0, 0.05) is 5.56 Å². The Morgan fingerprint density at radius 2 is 2.22 bits per heavy atom. The molecule has 1 N–H and O–H groups in total. The molecule has 1 atom stereocenters. The van der Waals surface area contributed by atoms with Crippen LogP contribution in [0.2, 0.25) is 5.15 Å². The zero-order chi connectivity index (χ0) is 19.2. The Balaban J connectivity index is 1.75. The molecule has 1 aliphatic heterocycles. The van der Waals surface area contributed by atoms with Crippen molar-refractivity contribution in [1.82, 2.24) is 19.7 Å². The molecule has 27 heavy (non-hydrogen) atoms. The third-order valence-electron chi connectivity index (χ3n) is 4.68. The molecule has 7 nitrogen and oxygen atoms in total. The van der Waals surface area contributed by atoms with Gasteiger partial charge in [-0.15, -0.1) is 0 Å². The van der Waals surface area contributed by atoms with Gasteiger partial charge in [0.2, 0.25) is 0 Å². The predicted octanol–water partition coefficient (Wildman–Crippen LogP) is 3.15. The number of hydrogen-bond acceptors (Lipinski definition) is 5. The monoisotopic (exact) mass is 401 g/mol. The van der Waals surface area contributed by atoms with E-state index in [1.165, 1.54) is 0 Å². The summed E-state index contributed by atoms with van der Waals surface area (Å²) in [5, 5.41) is 14.4. The molecule has 138 valence electrons. The van der Waals surface area contributed by atoms with Crippen molar-refractivity contribution < 1.29 is 8.42 Å². The van der Waals surface area contributed by atoms with E-state index in [-0.39, 0.29) is 17.5 Å². The van der Waals surface area contributed by atoms with E-state index in [4.69, 9.17) is 11.6 Å². The van der Waals surface area contributed by atoms with Gasteiger partial charge in [-0.25, -0.2) is 18.1 Å². The van der Waals surface area contributed by atoms with E-state index < -0.39 is 9.84 Å². The molecule has 3 heterocycles. The lowest BCUT2D eigenvalue weighted by molar-refractivity contribution is 0.497. The van der Waals surface area contributed by atoms with Crippen molar-refractivity contribution in [2.45, 2.75) is 19.4 Å². The topological polar surface area (TPSA) is 104 Å². The molecule has 0 amide bonds. The lowest BCUT2D eigenvalue weighted by Crippen LogP contribution is -2.12. The number of hydrogen-bond donors (Lipinski definition) is 1. The zero-order valence-electron chi connectivity index (χ0n) is 14.5. The third kappa shape index (κ3) is 3.24. The van der Waals surface area contributed by atoms with E-state index in [9.17, 15) is 13.7 Å². The van der Waals surface area contributed by atoms with Gasteiger partial charge in [0.25, 0.3) is 0 Å². The van der Waals surface area contributed by atoms with E-state index in [2.05, 4.69) is 21.1 Å². The van der Waals surface area contributed by atoms with Gasteiger partial charge in [0.15, 0.2) is 9.84 Å². The number of para-hydroxylation sites is 2. The average Bonchev–Trinajstić information content (AvgIpc) is 3.29. The van der Waals surface area contributed by atoms with Gasteiger partial charge in [-0.3, -0.25) is 0 Å². The fraction of sp³-hybridized carbons (Fsp3) is 0.278. The molecular weight excluding hydrogens is 386 g/mol. The number of sulfone groups is 1. The summed E-state index contributed by atoms with van der Waals surface area (Å²) in [5.74, 6) is 0.622. The first kappa shape index (κ1) is 17.8. The maximum Gasteiger partial charge on any atom is 0.152 e. The fourth-order valence-corrected chi connectivity index (χ4v) is 5.34. The number of H-pyrrole nitrogens is 1. The van der Waals surface area contributed by atoms with Crippen molar-refractivity contribution >= 4 is 44.1 Å². The number of aromatic nitrogens is 4. The van der Waals surface area contributed by atoms with Crippen molar-refractivity contribution in [1.29, 1.82) is 5.26 Å². The molecule has 1 aromatic carbocycles. The summed E-state index contributed by atoms with van der Waals surface area (Å²) < 4.78 is 25.1. The van der Waals surface area contributed by atoms with Gasteiger partial charge in [0.05, 0.1) is 39.8 Å². The van der Waals surface area contributed by atoms with E-state index in [1.54, 1.807) is 17.7 Å². The van der Waals surface area contributed by atoms with Crippen LogP contribution < -0.4 is 0 Å². The second-order valence-electron chi connectivity index (χ2n) is 6.56. The van der Waals surface area contributed by atoms with Crippen LogP contribution in [0.5, 0.6) is 0 Å². The van der Waals surface area contributed by atoms with Gasteiger partial charge in [-0.05, 0) is 31.6 Å². The molecule has 0 saturated carbocycles. The lowest BCUT2D eigenvalue weighted by atomic mass is 10.1. The number of aryl methyl sites for hydroxylation is 1. The molecular formula is C18H16ClN5O2S. The van der Waals surface area contributed by atoms with Crippen molar-refractivity contribution in [3.05, 3.63) is 46.5 Å². The summed E-state index contributed by atoms with van der Waals surface area (Å²) in [7, 11) is -3.05. The van der Waals surface area contributed by atoms with Gasteiger partial charge in [-0.2, -0.15) is 10.4 Å². The Morgan fingerprint density at radius 1 is 1.44 bits per heavy atom. The number of nitrogens with zero attached hydrogens (tertiary/aromatic N) is 4. The molecule has 1 aliphatic rings. The number of imidazole rings is 1. The summed E-state index contributed by atoms with van der Waals surface area (Å²) >= 11 is 6.49. The van der Waals surface area contributed by atoms with Crippen LogP contribution in [0.3, 0.4) is 0 Å². The van der Waals surface area contributed by atoms with Crippen molar-refractivity contribution in [3.63, 3.8) is 0 Å². The van der Waals surface area contributed by atoms with Crippen molar-refractivity contribution in [2.75, 3.05) is 11.5 Å². The van der Waals surface area contributed by atoms with Crippen LogP contribution in [0, 0.1) is 18.3 Å². The highest BCUT2D eigenvalue weighted by atomic mass is 35.5. The zero-order valence-corrected chi connectivity index (χ0v) is 16.0. The normalized spacial score (nSPS) is 19.4. The van der Waals surface area contributed by atoms with Gasteiger partial charge in [0.1, 0.15) is 17.0 Å². The predicted molar refractivity (Wildman–Crippen MR) is 104 cm³/mol. The van der Waals surface area contributed by atoms with Gasteiger partial charge < -0.3 is 4.98 Å². The van der Waals surface area contributed by atoms with Crippen LogP contribution in [0.15, 0.2) is 24.3 Å². The van der Waals surface area contributed by atoms with Crippen LogP contribution in [-0.2, 0) is 9.84 Å². The minimum absolute atomic E-state index is 0.0334. The smallest absolute Gasteiger partial charge is 0.152 e. The minimum atomic E-state index is -3.05. The number of nitriles is 1. The fourth-order valence-electron chi connectivity index (χ4n) is 3.28. The summed E-state index contributed by atoms with van der Waals surface area (Å²) in [5.41, 5.74) is 3.16. The summed E-state index contributed by atoms with van der Waals surface area (Å²) in [6.07, 6.45) is 2.13. The third-order valence-corrected chi connectivity index (χ3v) is 6.81. The number of allylic oxidation sites excluding steroid dienone is 1. The highest BCUT2D eigenvalue weighted by molar-refractivity contribution is 7.91. The van der Waals surface area contributed by atoms with E-state index in [0.29, 0.717) is 34.2 Å². The van der Waals surface area contributed by atoms with Crippen LogP contribution in [0.4, 0.5) is 0 Å². The molecule has 2 aromatic heterocycles. The number of fused-ring (bicyclic) bond motifs is 1. The van der Waals surface area contributed by atoms with Crippen LogP contribution in [0.1, 0.15) is 29.5 Å². The highest BCUT2D eigenvalue weighted by Gasteiger charge is 2.32. The Hall–Kier alpha value is -2.63. The standard InChI is InChI=1S/C18H16ClN5O2S/c1-11-14(17(19)24(23-11)13-6-7-27(25,26)10-13)8-12(9-20)18-21-15-4-2-3-5-16(15)22-18/h2-5,8,13H,6-7,10H2,1H3,(H,21,22)/b12-8+. The molecule has 1 saturated heterocycles. The maximum atomic E-state index is 11.8. The number of rotatable bonds is 3. The molecule has 9 heteroatoms. The molecule has 3 aromatic rings. The Bertz CT molecular complexity index is 1180. The molecule has 1 unspecified atom stereocenters. The second-order valence-corrected chi connectivity index (χ2v) is 9.15. The Morgan fingerprint density at radius 3 is 2.89 bits per heavy atom. The summed E-state index contributed by atoms with van der Waals surface area (Å²) in [6, 6.07) is 9.39. The average molecular weight is 402 g/mol. The summed E-state index contributed by atoms with van der Waals surface area (Å²) in [6.45, 7) is 1.78. The Kier molecular flexibility index (Phi) is 4.29. The number of benzene rings is 1. The highest BCUT2D eigenvalue weighted by Crippen LogP contribution is 2.32. The first-order valence-corrected chi connectivity index (χ1v) is 10.6. The quantitative estimate of drug-likeness (QED) is 0.679. The second kappa shape index (κ2) is 6.51. The molecule has 4 rings (SSSR count). The van der Waals surface area contributed by atoms with Crippen molar-refractivity contribution in [3.8, 4) is 6.07 Å². The van der Waals surface area contributed by atoms with Gasteiger partial charge >= 0.3 is 0 Å². The van der Waals surface area contributed by atoms with Crippen LogP contribution in [-0.4, -0.2) is 39.7 Å². The first-order valence-electron chi connectivity index (χ1n) is 8.40. The molecule has 0 aliphatic carbocycles. The number of nitrogens with one attached hydrogen (secondary N) is 1. The number of halogens is 1. The number of aromatic amines is 1. The van der Waals surface area contributed by atoms with E-state index >= 15 is 0 Å². The molecule has 0 spiro atoms. The first-order chi connectivity index (χ1) is 12.9. The Labute approximate surface area is 161 Å². The van der Waals surface area contributed by atoms with Crippen LogP contribution >= 0.6 is 11.6 Å². The summed E-state index contributed by atoms with van der Waals surface area (Å²) in [4.78, 5) is 7.57. The van der Waals surface area contributed by atoms with E-state index in [1.807, 2.05) is 24.3 Å². The molecule has 0 bridgehead atoms. The maximum absolute atomic E-state index is 11.8. The largest absolute Gasteiger partial charge is 0.337 e. The lowest BCUT2D eigenvalue weighted by Gasteiger charge is -2.09. The SMILES string of the molecule is Cc1nn(C2CCS(=O)(=O)C2)c(Cl)c1/C=C(\C#N)c1nc2ccccc2[nH]1. The molecule has 0 radical (unpaired) electrons. The van der Waals surface area contributed by atoms with Crippen LogP contribution in [0.25, 0.3) is 22.7 Å². The van der Waals surface area contributed by atoms with E-state index in [0.717, 1.165) is 11.0 Å². The van der Waals surface area contributed by atoms with Gasteiger partial charge in [-0.1, -0.05) is 23.7 Å². The van der Waals surface area contributed by atoms with Crippen molar-refractivity contribution in [2.24, 2.45) is 0 Å². The molecule has 1 fully saturated rings. The minimum Gasteiger partial charge on any atom is -0.337 e.